The van der Waals surface area contributed by atoms with Crippen molar-refractivity contribution in [1.82, 2.24) is 5.32 Å². The van der Waals surface area contributed by atoms with Gasteiger partial charge in [0.25, 0.3) is 0 Å². The quantitative estimate of drug-likeness (QED) is 0.874. The van der Waals surface area contributed by atoms with E-state index in [0.717, 1.165) is 19.5 Å². The van der Waals surface area contributed by atoms with Crippen LogP contribution in [-0.4, -0.2) is 31.3 Å². The Balaban J connectivity index is 1.70. The van der Waals surface area contributed by atoms with Crippen molar-refractivity contribution in [3.8, 4) is 0 Å². The number of anilines is 1. The molecule has 1 heterocycles. The molecule has 0 amide bonds. The second kappa shape index (κ2) is 5.14. The van der Waals surface area contributed by atoms with E-state index in [9.17, 15) is 5.11 Å². The molecule has 4 atom stereocenters. The number of nitrogens with one attached hydrogen (secondary N) is 1. The third-order valence-electron chi connectivity index (χ3n) is 5.01. The third kappa shape index (κ3) is 2.37. The van der Waals surface area contributed by atoms with Crippen molar-refractivity contribution in [3.63, 3.8) is 0 Å². The molecule has 104 valence electrons. The molecule has 0 bridgehead atoms. The number of aliphatic hydroxyl groups excluding tert-OH is 1. The van der Waals surface area contributed by atoms with Gasteiger partial charge in [-0.1, -0.05) is 12.1 Å². The Hall–Kier alpha value is -1.06. The molecular weight excluding hydrogens is 236 g/mol. The summed E-state index contributed by atoms with van der Waals surface area (Å²) in [5.41, 5.74) is 2.62. The van der Waals surface area contributed by atoms with Gasteiger partial charge in [0, 0.05) is 30.7 Å². The average molecular weight is 260 g/mol. The van der Waals surface area contributed by atoms with Crippen LogP contribution in [0.15, 0.2) is 24.3 Å². The Labute approximate surface area is 115 Å². The topological polar surface area (TPSA) is 35.5 Å². The molecule has 0 radical (unpaired) electrons. The van der Waals surface area contributed by atoms with E-state index in [2.05, 4.69) is 41.4 Å². The summed E-state index contributed by atoms with van der Waals surface area (Å²) in [4.78, 5) is 2.44. The monoisotopic (exact) mass is 260 g/mol. The molecule has 2 N–H and O–H groups in total. The van der Waals surface area contributed by atoms with Crippen molar-refractivity contribution in [2.75, 3.05) is 25.0 Å². The van der Waals surface area contributed by atoms with Crippen LogP contribution < -0.4 is 10.2 Å². The second-order valence-electron chi connectivity index (χ2n) is 6.08. The van der Waals surface area contributed by atoms with Gasteiger partial charge in [0.1, 0.15) is 0 Å². The maximum absolute atomic E-state index is 9.98. The highest BCUT2D eigenvalue weighted by Gasteiger charge is 2.41. The van der Waals surface area contributed by atoms with Gasteiger partial charge in [-0.3, -0.25) is 0 Å². The Kier molecular flexibility index (Phi) is 3.50. The maximum atomic E-state index is 9.98. The van der Waals surface area contributed by atoms with Crippen molar-refractivity contribution >= 4 is 5.69 Å². The Morgan fingerprint density at radius 2 is 1.95 bits per heavy atom. The highest BCUT2D eigenvalue weighted by Crippen LogP contribution is 2.39. The summed E-state index contributed by atoms with van der Waals surface area (Å²) >= 11 is 0. The largest absolute Gasteiger partial charge is 0.393 e. The van der Waals surface area contributed by atoms with Crippen LogP contribution in [0, 0.1) is 11.8 Å². The minimum absolute atomic E-state index is 0.0708. The molecule has 0 aromatic heterocycles. The van der Waals surface area contributed by atoms with E-state index in [1.54, 1.807) is 0 Å². The molecule has 1 saturated heterocycles. The summed E-state index contributed by atoms with van der Waals surface area (Å²) in [5.74, 6) is 1.20. The van der Waals surface area contributed by atoms with Crippen molar-refractivity contribution in [2.24, 2.45) is 11.8 Å². The summed E-state index contributed by atoms with van der Waals surface area (Å²) in [6.45, 7) is 4.31. The van der Waals surface area contributed by atoms with Crippen molar-refractivity contribution < 1.29 is 5.11 Å². The minimum atomic E-state index is -0.0708. The molecule has 1 aromatic carbocycles. The number of hydrogen-bond acceptors (Lipinski definition) is 3. The Bertz CT molecular complexity index is 431. The highest BCUT2D eigenvalue weighted by molar-refractivity contribution is 5.49. The smallest absolute Gasteiger partial charge is 0.0588 e. The fourth-order valence-corrected chi connectivity index (χ4v) is 3.59. The van der Waals surface area contributed by atoms with Crippen molar-refractivity contribution in [2.45, 2.75) is 31.9 Å². The zero-order chi connectivity index (χ0) is 13.4. The van der Waals surface area contributed by atoms with Crippen LogP contribution in [-0.2, 0) is 0 Å². The van der Waals surface area contributed by atoms with Gasteiger partial charge in [0.15, 0.2) is 0 Å². The lowest BCUT2D eigenvalue weighted by Crippen LogP contribution is -2.24. The number of aliphatic hydroxyl groups is 1. The molecule has 0 spiro atoms. The molecule has 19 heavy (non-hydrogen) atoms. The molecule has 4 unspecified atom stereocenters. The van der Waals surface area contributed by atoms with E-state index in [1.807, 2.05) is 7.05 Å². The first-order valence-corrected chi connectivity index (χ1v) is 7.39. The SMILES string of the molecule is CNC(C)c1ccc(N2CC3CCC(O)C3C2)cc1. The van der Waals surface area contributed by atoms with Crippen LogP contribution in [0.25, 0.3) is 0 Å². The summed E-state index contributed by atoms with van der Waals surface area (Å²) < 4.78 is 0. The van der Waals surface area contributed by atoms with Gasteiger partial charge in [-0.2, -0.15) is 0 Å². The average Bonchev–Trinajstić information content (AvgIpc) is 3.01. The lowest BCUT2D eigenvalue weighted by atomic mass is 10.00. The molecule has 2 fully saturated rings. The molecule has 3 heteroatoms. The van der Waals surface area contributed by atoms with E-state index < -0.39 is 0 Å². The highest BCUT2D eigenvalue weighted by atomic mass is 16.3. The first-order valence-electron chi connectivity index (χ1n) is 7.39. The van der Waals surface area contributed by atoms with Gasteiger partial charge in [0.2, 0.25) is 0 Å². The number of nitrogens with zero attached hydrogens (tertiary/aromatic N) is 1. The van der Waals surface area contributed by atoms with Crippen molar-refractivity contribution in [3.05, 3.63) is 29.8 Å². The summed E-state index contributed by atoms with van der Waals surface area (Å²) in [5, 5.41) is 13.2. The zero-order valence-electron chi connectivity index (χ0n) is 11.8. The first kappa shape index (κ1) is 12.9. The molecule has 1 aliphatic heterocycles. The maximum Gasteiger partial charge on any atom is 0.0588 e. The van der Waals surface area contributed by atoms with E-state index in [4.69, 9.17) is 0 Å². The normalized spacial score (nSPS) is 31.5. The van der Waals surface area contributed by atoms with Crippen LogP contribution in [0.1, 0.15) is 31.4 Å². The van der Waals surface area contributed by atoms with E-state index >= 15 is 0 Å². The van der Waals surface area contributed by atoms with Gasteiger partial charge in [-0.25, -0.2) is 0 Å². The van der Waals surface area contributed by atoms with E-state index in [1.165, 1.54) is 17.7 Å². The van der Waals surface area contributed by atoms with E-state index in [-0.39, 0.29) is 6.10 Å². The van der Waals surface area contributed by atoms with Gasteiger partial charge in [-0.05, 0) is 50.4 Å². The van der Waals surface area contributed by atoms with Crippen LogP contribution in [0.4, 0.5) is 5.69 Å². The molecule has 2 aliphatic rings. The van der Waals surface area contributed by atoms with Gasteiger partial charge < -0.3 is 15.3 Å². The molecule has 3 rings (SSSR count). The summed E-state index contributed by atoms with van der Waals surface area (Å²) in [6.07, 6.45) is 2.12. The first-order chi connectivity index (χ1) is 9.19. The van der Waals surface area contributed by atoms with Crippen molar-refractivity contribution in [1.29, 1.82) is 0 Å². The van der Waals surface area contributed by atoms with Crippen LogP contribution in [0.5, 0.6) is 0 Å². The van der Waals surface area contributed by atoms with Crippen LogP contribution in [0.3, 0.4) is 0 Å². The number of fused-ring (bicyclic) bond motifs is 1. The minimum Gasteiger partial charge on any atom is -0.393 e. The number of benzene rings is 1. The predicted octanol–water partition coefficient (Wildman–Crippen LogP) is 2.17. The van der Waals surface area contributed by atoms with Crippen LogP contribution in [0.2, 0.25) is 0 Å². The van der Waals surface area contributed by atoms with Gasteiger partial charge >= 0.3 is 0 Å². The summed E-state index contributed by atoms with van der Waals surface area (Å²) in [7, 11) is 1.99. The molecule has 3 nitrogen and oxygen atoms in total. The predicted molar refractivity (Wildman–Crippen MR) is 78.4 cm³/mol. The summed E-state index contributed by atoms with van der Waals surface area (Å²) in [6, 6.07) is 9.25. The second-order valence-corrected chi connectivity index (χ2v) is 6.08. The lowest BCUT2D eigenvalue weighted by Gasteiger charge is -2.21. The third-order valence-corrected chi connectivity index (χ3v) is 5.01. The molecule has 1 aromatic rings. The van der Waals surface area contributed by atoms with Gasteiger partial charge in [0.05, 0.1) is 6.10 Å². The number of hydrogen-bond donors (Lipinski definition) is 2. The Morgan fingerprint density at radius 3 is 2.58 bits per heavy atom. The zero-order valence-corrected chi connectivity index (χ0v) is 11.8. The molecule has 1 aliphatic carbocycles. The Morgan fingerprint density at radius 1 is 1.21 bits per heavy atom. The molecular formula is C16H24N2O. The fraction of sp³-hybridized carbons (Fsp3) is 0.625. The number of rotatable bonds is 3. The van der Waals surface area contributed by atoms with Gasteiger partial charge in [-0.15, -0.1) is 0 Å². The standard InChI is InChI=1S/C16H24N2O/c1-11(17-2)12-3-6-14(7-4-12)18-9-13-5-8-16(19)15(13)10-18/h3-4,6-7,11,13,15-17,19H,5,8-10H2,1-2H3. The fourth-order valence-electron chi connectivity index (χ4n) is 3.59. The van der Waals surface area contributed by atoms with E-state index in [0.29, 0.717) is 17.9 Å². The molecule has 1 saturated carbocycles. The van der Waals surface area contributed by atoms with Crippen LogP contribution >= 0.6 is 0 Å². The lowest BCUT2D eigenvalue weighted by molar-refractivity contribution is 0.133.